The Morgan fingerprint density at radius 1 is 1.43 bits per heavy atom. The third kappa shape index (κ3) is 2.15. The van der Waals surface area contributed by atoms with E-state index in [1.165, 1.54) is 0 Å². The predicted octanol–water partition coefficient (Wildman–Crippen LogP) is 3.05. The number of rotatable bonds is 2. The topological polar surface area (TPSA) is 66.3 Å². The second-order valence-corrected chi connectivity index (χ2v) is 5.77. The third-order valence-electron chi connectivity index (χ3n) is 3.64. The Bertz CT molecular complexity index is 842. The molecule has 1 aromatic carbocycles. The Labute approximate surface area is 130 Å². The number of nitrogens with one attached hydrogen (secondary N) is 1. The molecule has 0 bridgehead atoms. The van der Waals surface area contributed by atoms with Crippen LogP contribution >= 0.6 is 15.9 Å². The summed E-state index contributed by atoms with van der Waals surface area (Å²) in [6.07, 6.45) is 3.64. The van der Waals surface area contributed by atoms with E-state index in [0.29, 0.717) is 12.2 Å². The largest absolute Gasteiger partial charge is 0.493 e. The van der Waals surface area contributed by atoms with E-state index in [-0.39, 0.29) is 11.5 Å². The number of allylic oxidation sites excluding steroid dienone is 1. The van der Waals surface area contributed by atoms with Gasteiger partial charge in [-0.1, -0.05) is 15.9 Å². The Kier molecular flexibility index (Phi) is 3.33. The molecule has 5 nitrogen and oxygen atoms in total. The summed E-state index contributed by atoms with van der Waals surface area (Å²) in [7, 11) is 1.77. The lowest BCUT2D eigenvalue weighted by molar-refractivity contribution is 0.415. The Morgan fingerprint density at radius 3 is 2.86 bits per heavy atom. The van der Waals surface area contributed by atoms with Crippen LogP contribution in [0.4, 0.5) is 5.69 Å². The fourth-order valence-electron chi connectivity index (χ4n) is 2.47. The maximum atomic E-state index is 10.3. The van der Waals surface area contributed by atoms with Crippen LogP contribution in [0.2, 0.25) is 0 Å². The van der Waals surface area contributed by atoms with Crippen LogP contribution in [0.3, 0.4) is 0 Å². The average Bonchev–Trinajstić information content (AvgIpc) is 2.94. The fraction of sp³-hybridized carbons (Fsp3) is 0.200. The zero-order valence-corrected chi connectivity index (χ0v) is 13.3. The second-order valence-electron chi connectivity index (χ2n) is 4.86. The van der Waals surface area contributed by atoms with Gasteiger partial charge in [-0.15, -0.1) is 0 Å². The first-order chi connectivity index (χ1) is 10.0. The molecule has 0 atom stereocenters. The summed E-state index contributed by atoms with van der Waals surface area (Å²) in [6, 6.07) is 5.90. The normalized spacial score (nSPS) is 14.9. The van der Waals surface area contributed by atoms with Gasteiger partial charge in [0, 0.05) is 35.4 Å². The second kappa shape index (κ2) is 5.04. The molecular weight excluding hydrogens is 332 g/mol. The Balaban J connectivity index is 2.17. The van der Waals surface area contributed by atoms with Crippen molar-refractivity contribution < 1.29 is 5.11 Å². The SMILES string of the molecule is CCn1c(O)c(C=C2C=Nc3ccc(Br)cc32)n(C)c1=N. The molecule has 21 heavy (non-hydrogen) atoms. The molecule has 6 heteroatoms. The first-order valence-electron chi connectivity index (χ1n) is 6.61. The van der Waals surface area contributed by atoms with Gasteiger partial charge in [-0.25, -0.2) is 0 Å². The van der Waals surface area contributed by atoms with Gasteiger partial charge in [0.05, 0.1) is 5.69 Å². The van der Waals surface area contributed by atoms with Crippen molar-refractivity contribution in [3.63, 3.8) is 0 Å². The minimum absolute atomic E-state index is 0.106. The fourth-order valence-corrected chi connectivity index (χ4v) is 2.83. The summed E-state index contributed by atoms with van der Waals surface area (Å²) >= 11 is 3.46. The number of benzene rings is 1. The highest BCUT2D eigenvalue weighted by Gasteiger charge is 2.17. The van der Waals surface area contributed by atoms with Crippen molar-refractivity contribution in [2.24, 2.45) is 12.0 Å². The molecule has 0 unspecified atom stereocenters. The minimum atomic E-state index is 0.106. The van der Waals surface area contributed by atoms with E-state index in [1.54, 1.807) is 22.4 Å². The molecule has 1 aromatic heterocycles. The van der Waals surface area contributed by atoms with Crippen molar-refractivity contribution >= 4 is 39.5 Å². The van der Waals surface area contributed by atoms with E-state index in [4.69, 9.17) is 5.41 Å². The summed E-state index contributed by atoms with van der Waals surface area (Å²) < 4.78 is 4.20. The van der Waals surface area contributed by atoms with E-state index in [1.807, 2.05) is 31.2 Å². The standard InChI is InChI=1S/C15H15BrN4O/c1-3-20-14(21)13(19(2)15(20)17)6-9-8-18-12-5-4-10(16)7-11(9)12/h4-8,17,21H,3H2,1-2H3. The first kappa shape index (κ1) is 13.9. The number of aliphatic imine (C=N–C) groups is 1. The van der Waals surface area contributed by atoms with E-state index in [9.17, 15) is 5.11 Å². The van der Waals surface area contributed by atoms with Crippen LogP contribution in [0.25, 0.3) is 11.6 Å². The number of fused-ring (bicyclic) bond motifs is 1. The number of aromatic hydroxyl groups is 1. The number of hydrogen-bond acceptors (Lipinski definition) is 3. The number of imidazole rings is 1. The predicted molar refractivity (Wildman–Crippen MR) is 86.8 cm³/mol. The zero-order chi connectivity index (χ0) is 15.1. The molecular formula is C15H15BrN4O. The quantitative estimate of drug-likeness (QED) is 0.862. The lowest BCUT2D eigenvalue weighted by Gasteiger charge is -2.02. The highest BCUT2D eigenvalue weighted by molar-refractivity contribution is 9.10. The average molecular weight is 347 g/mol. The highest BCUT2D eigenvalue weighted by atomic mass is 79.9. The highest BCUT2D eigenvalue weighted by Crippen LogP contribution is 2.35. The van der Waals surface area contributed by atoms with E-state index >= 15 is 0 Å². The summed E-state index contributed by atoms with van der Waals surface area (Å²) in [5.41, 5.74) is 3.72. The van der Waals surface area contributed by atoms with Crippen LogP contribution < -0.4 is 5.62 Å². The number of nitrogens with zero attached hydrogens (tertiary/aromatic N) is 3. The summed E-state index contributed by atoms with van der Waals surface area (Å²) in [5.74, 6) is 0.106. The van der Waals surface area contributed by atoms with Gasteiger partial charge in [-0.05, 0) is 31.2 Å². The van der Waals surface area contributed by atoms with Gasteiger partial charge in [0.25, 0.3) is 0 Å². The molecule has 0 radical (unpaired) electrons. The van der Waals surface area contributed by atoms with Gasteiger partial charge >= 0.3 is 0 Å². The van der Waals surface area contributed by atoms with Crippen molar-refractivity contribution in [2.75, 3.05) is 0 Å². The smallest absolute Gasteiger partial charge is 0.218 e. The van der Waals surface area contributed by atoms with Gasteiger partial charge in [0.1, 0.15) is 5.69 Å². The molecule has 0 saturated carbocycles. The van der Waals surface area contributed by atoms with Gasteiger partial charge < -0.3 is 9.67 Å². The molecule has 0 spiro atoms. The molecule has 2 aromatic rings. The molecule has 0 amide bonds. The molecule has 108 valence electrons. The van der Waals surface area contributed by atoms with Crippen LogP contribution in [-0.4, -0.2) is 20.5 Å². The van der Waals surface area contributed by atoms with E-state index < -0.39 is 0 Å². The minimum Gasteiger partial charge on any atom is -0.493 e. The maximum absolute atomic E-state index is 10.3. The van der Waals surface area contributed by atoms with Crippen molar-refractivity contribution in [3.05, 3.63) is 39.5 Å². The molecule has 1 aliphatic heterocycles. The first-order valence-corrected chi connectivity index (χ1v) is 7.41. The monoisotopic (exact) mass is 346 g/mol. The molecule has 2 heterocycles. The lowest BCUT2D eigenvalue weighted by Crippen LogP contribution is -2.22. The molecule has 3 rings (SSSR count). The van der Waals surface area contributed by atoms with Crippen LogP contribution in [-0.2, 0) is 13.6 Å². The van der Waals surface area contributed by atoms with Crippen molar-refractivity contribution in [3.8, 4) is 5.88 Å². The van der Waals surface area contributed by atoms with Gasteiger partial charge in [-0.3, -0.25) is 15.0 Å². The van der Waals surface area contributed by atoms with Crippen LogP contribution in [0.1, 0.15) is 18.2 Å². The number of aromatic nitrogens is 2. The third-order valence-corrected chi connectivity index (χ3v) is 4.13. The molecule has 2 N–H and O–H groups in total. The maximum Gasteiger partial charge on any atom is 0.218 e. The molecule has 0 fully saturated rings. The van der Waals surface area contributed by atoms with Gasteiger partial charge in [0.15, 0.2) is 0 Å². The van der Waals surface area contributed by atoms with Gasteiger partial charge in [-0.2, -0.15) is 0 Å². The molecule has 0 aliphatic carbocycles. The van der Waals surface area contributed by atoms with Crippen LogP contribution in [0.15, 0.2) is 27.7 Å². The van der Waals surface area contributed by atoms with Crippen LogP contribution in [0.5, 0.6) is 5.88 Å². The lowest BCUT2D eigenvalue weighted by atomic mass is 10.1. The summed E-state index contributed by atoms with van der Waals surface area (Å²) in [4.78, 5) is 4.37. The van der Waals surface area contributed by atoms with E-state index in [0.717, 1.165) is 21.3 Å². The van der Waals surface area contributed by atoms with Crippen molar-refractivity contribution in [1.29, 1.82) is 5.41 Å². The molecule has 0 saturated heterocycles. The number of halogens is 1. The Morgan fingerprint density at radius 2 is 2.19 bits per heavy atom. The van der Waals surface area contributed by atoms with E-state index in [2.05, 4.69) is 20.9 Å². The van der Waals surface area contributed by atoms with Gasteiger partial charge in [0.2, 0.25) is 11.5 Å². The molecule has 1 aliphatic rings. The summed E-state index contributed by atoms with van der Waals surface area (Å²) in [5, 5.41) is 18.3. The van der Waals surface area contributed by atoms with Crippen molar-refractivity contribution in [1.82, 2.24) is 9.13 Å². The summed E-state index contributed by atoms with van der Waals surface area (Å²) in [6.45, 7) is 2.45. The number of hydrogen-bond donors (Lipinski definition) is 2. The van der Waals surface area contributed by atoms with Crippen molar-refractivity contribution in [2.45, 2.75) is 13.5 Å². The van der Waals surface area contributed by atoms with Crippen LogP contribution in [0, 0.1) is 5.41 Å². The Hall–Kier alpha value is -2.08. The zero-order valence-electron chi connectivity index (χ0n) is 11.8.